The standard InChI is InChI=1S/C12H14N4O3/c1-7-15-11(16-19-7)4-5-14-10-3-2-8(13)6-9(10)12(17)18/h2-3,6,14H,4-5,13H2,1H3,(H,17,18). The summed E-state index contributed by atoms with van der Waals surface area (Å²) in [6.45, 7) is 2.22. The number of anilines is 2. The van der Waals surface area contributed by atoms with E-state index in [1.165, 1.54) is 6.07 Å². The Morgan fingerprint density at radius 1 is 1.53 bits per heavy atom. The minimum absolute atomic E-state index is 0.143. The number of hydrogen-bond acceptors (Lipinski definition) is 6. The predicted octanol–water partition coefficient (Wildman–Crippen LogP) is 1.31. The number of benzene rings is 1. The molecule has 0 aliphatic carbocycles. The molecule has 0 aliphatic heterocycles. The summed E-state index contributed by atoms with van der Waals surface area (Å²) in [5.74, 6) is 0.0660. The molecule has 0 atom stereocenters. The van der Waals surface area contributed by atoms with Gasteiger partial charge in [-0.25, -0.2) is 4.79 Å². The zero-order valence-corrected chi connectivity index (χ0v) is 10.4. The topological polar surface area (TPSA) is 114 Å². The summed E-state index contributed by atoms with van der Waals surface area (Å²) < 4.78 is 4.85. The van der Waals surface area contributed by atoms with Gasteiger partial charge in [-0.1, -0.05) is 5.16 Å². The third-order valence-electron chi connectivity index (χ3n) is 2.51. The lowest BCUT2D eigenvalue weighted by molar-refractivity contribution is 0.0698. The molecule has 7 nitrogen and oxygen atoms in total. The first-order valence-corrected chi connectivity index (χ1v) is 5.72. The second-order valence-corrected chi connectivity index (χ2v) is 4.02. The summed E-state index contributed by atoms with van der Waals surface area (Å²) in [6, 6.07) is 4.71. The summed E-state index contributed by atoms with van der Waals surface area (Å²) in [5, 5.41) is 15.9. The number of rotatable bonds is 5. The van der Waals surface area contributed by atoms with Gasteiger partial charge in [0.05, 0.1) is 5.56 Å². The Hall–Kier alpha value is -2.57. The minimum Gasteiger partial charge on any atom is -0.478 e. The summed E-state index contributed by atoms with van der Waals surface area (Å²) >= 11 is 0. The average molecular weight is 262 g/mol. The Kier molecular flexibility index (Phi) is 3.65. The molecule has 2 aromatic rings. The normalized spacial score (nSPS) is 10.4. The van der Waals surface area contributed by atoms with Gasteiger partial charge in [0.25, 0.3) is 0 Å². The van der Waals surface area contributed by atoms with Gasteiger partial charge in [-0.2, -0.15) is 4.98 Å². The lowest BCUT2D eigenvalue weighted by Crippen LogP contribution is -2.10. The molecule has 0 bridgehead atoms. The van der Waals surface area contributed by atoms with E-state index in [1.54, 1.807) is 19.1 Å². The number of nitrogen functional groups attached to an aromatic ring is 1. The molecule has 0 spiro atoms. The molecule has 0 amide bonds. The Balaban J connectivity index is 2.01. The van der Waals surface area contributed by atoms with Crippen LogP contribution in [0, 0.1) is 6.92 Å². The number of nitrogens with two attached hydrogens (primary N) is 1. The van der Waals surface area contributed by atoms with Gasteiger partial charge in [0, 0.05) is 31.3 Å². The second-order valence-electron chi connectivity index (χ2n) is 4.02. The lowest BCUT2D eigenvalue weighted by Gasteiger charge is -2.09. The van der Waals surface area contributed by atoms with Crippen LogP contribution >= 0.6 is 0 Å². The first kappa shape index (κ1) is 12.9. The van der Waals surface area contributed by atoms with Gasteiger partial charge in [0.15, 0.2) is 5.82 Å². The van der Waals surface area contributed by atoms with Gasteiger partial charge in [-0.15, -0.1) is 0 Å². The molecule has 0 saturated heterocycles. The Labute approximate surface area is 109 Å². The number of carbonyl (C=O) groups is 1. The molecule has 0 aliphatic rings. The molecule has 19 heavy (non-hydrogen) atoms. The molecular weight excluding hydrogens is 248 g/mol. The van der Waals surface area contributed by atoms with Gasteiger partial charge in [-0.3, -0.25) is 0 Å². The van der Waals surface area contributed by atoms with Crippen LogP contribution in [0.3, 0.4) is 0 Å². The number of aromatic nitrogens is 2. The fourth-order valence-corrected chi connectivity index (χ4v) is 1.64. The van der Waals surface area contributed by atoms with Crippen LogP contribution in [0.15, 0.2) is 22.7 Å². The highest BCUT2D eigenvalue weighted by atomic mass is 16.5. The van der Waals surface area contributed by atoms with Crippen molar-refractivity contribution in [2.75, 3.05) is 17.6 Å². The van der Waals surface area contributed by atoms with E-state index in [9.17, 15) is 4.79 Å². The molecule has 0 fully saturated rings. The van der Waals surface area contributed by atoms with E-state index in [0.717, 1.165) is 0 Å². The van der Waals surface area contributed by atoms with E-state index in [1.807, 2.05) is 0 Å². The van der Waals surface area contributed by atoms with Gasteiger partial charge >= 0.3 is 5.97 Å². The molecule has 1 aromatic heterocycles. The van der Waals surface area contributed by atoms with Crippen LogP contribution < -0.4 is 11.1 Å². The molecule has 7 heteroatoms. The fourth-order valence-electron chi connectivity index (χ4n) is 1.64. The highest BCUT2D eigenvalue weighted by Gasteiger charge is 2.10. The highest BCUT2D eigenvalue weighted by molar-refractivity contribution is 5.95. The van der Waals surface area contributed by atoms with Crippen LogP contribution in [-0.4, -0.2) is 27.8 Å². The number of aryl methyl sites for hydroxylation is 1. The second kappa shape index (κ2) is 5.38. The molecule has 1 heterocycles. The van der Waals surface area contributed by atoms with Gasteiger partial charge in [0.2, 0.25) is 5.89 Å². The largest absolute Gasteiger partial charge is 0.478 e. The summed E-state index contributed by atoms with van der Waals surface area (Å²) in [4.78, 5) is 15.1. The van der Waals surface area contributed by atoms with Crippen molar-refractivity contribution in [3.05, 3.63) is 35.5 Å². The zero-order chi connectivity index (χ0) is 13.8. The summed E-state index contributed by atoms with van der Waals surface area (Å²) in [6.07, 6.45) is 0.542. The van der Waals surface area contributed by atoms with E-state index in [-0.39, 0.29) is 5.56 Å². The molecule has 100 valence electrons. The smallest absolute Gasteiger partial charge is 0.337 e. The molecule has 0 saturated carbocycles. The van der Waals surface area contributed by atoms with Crippen LogP contribution in [0.1, 0.15) is 22.1 Å². The van der Waals surface area contributed by atoms with E-state index in [4.69, 9.17) is 15.4 Å². The number of hydrogen-bond donors (Lipinski definition) is 3. The monoisotopic (exact) mass is 262 g/mol. The van der Waals surface area contributed by atoms with Crippen molar-refractivity contribution in [3.63, 3.8) is 0 Å². The van der Waals surface area contributed by atoms with E-state index in [2.05, 4.69) is 15.5 Å². The first-order chi connectivity index (χ1) is 9.06. The minimum atomic E-state index is -1.02. The predicted molar refractivity (Wildman–Crippen MR) is 69.0 cm³/mol. The van der Waals surface area contributed by atoms with Crippen LogP contribution in [-0.2, 0) is 6.42 Å². The number of nitrogens with zero attached hydrogens (tertiary/aromatic N) is 2. The lowest BCUT2D eigenvalue weighted by atomic mass is 10.1. The van der Waals surface area contributed by atoms with E-state index < -0.39 is 5.97 Å². The molecule has 0 radical (unpaired) electrons. The summed E-state index contributed by atoms with van der Waals surface area (Å²) in [5.41, 5.74) is 6.64. The molecule has 4 N–H and O–H groups in total. The Morgan fingerprint density at radius 3 is 2.95 bits per heavy atom. The highest BCUT2D eigenvalue weighted by Crippen LogP contribution is 2.18. The van der Waals surface area contributed by atoms with Crippen molar-refractivity contribution in [3.8, 4) is 0 Å². The molecule has 1 aromatic carbocycles. The van der Waals surface area contributed by atoms with Crippen LogP contribution in [0.25, 0.3) is 0 Å². The van der Waals surface area contributed by atoms with Crippen molar-refractivity contribution in [2.24, 2.45) is 0 Å². The van der Waals surface area contributed by atoms with Crippen molar-refractivity contribution in [1.29, 1.82) is 0 Å². The van der Waals surface area contributed by atoms with Crippen LogP contribution in [0.2, 0.25) is 0 Å². The third kappa shape index (κ3) is 3.21. The fraction of sp³-hybridized carbons (Fsp3) is 0.250. The number of aromatic carboxylic acids is 1. The van der Waals surface area contributed by atoms with Crippen molar-refractivity contribution < 1.29 is 14.4 Å². The zero-order valence-electron chi connectivity index (χ0n) is 10.4. The molecular formula is C12H14N4O3. The summed E-state index contributed by atoms with van der Waals surface area (Å²) in [7, 11) is 0. The van der Waals surface area contributed by atoms with E-state index in [0.29, 0.717) is 36.1 Å². The quantitative estimate of drug-likeness (QED) is 0.696. The third-order valence-corrected chi connectivity index (χ3v) is 2.51. The first-order valence-electron chi connectivity index (χ1n) is 5.72. The Bertz CT molecular complexity index is 594. The van der Waals surface area contributed by atoms with E-state index >= 15 is 0 Å². The number of carboxylic acids is 1. The molecule has 2 rings (SSSR count). The maximum Gasteiger partial charge on any atom is 0.337 e. The SMILES string of the molecule is Cc1nc(CCNc2ccc(N)cc2C(=O)O)no1. The van der Waals surface area contributed by atoms with Crippen LogP contribution in [0.5, 0.6) is 0 Å². The van der Waals surface area contributed by atoms with Crippen molar-refractivity contribution in [2.45, 2.75) is 13.3 Å². The van der Waals surface area contributed by atoms with Gasteiger partial charge < -0.3 is 20.7 Å². The maximum atomic E-state index is 11.1. The molecule has 0 unspecified atom stereocenters. The van der Waals surface area contributed by atoms with Gasteiger partial charge in [-0.05, 0) is 18.2 Å². The van der Waals surface area contributed by atoms with Crippen LogP contribution in [0.4, 0.5) is 11.4 Å². The van der Waals surface area contributed by atoms with Crippen molar-refractivity contribution in [1.82, 2.24) is 10.1 Å². The Morgan fingerprint density at radius 2 is 2.32 bits per heavy atom. The van der Waals surface area contributed by atoms with Crippen molar-refractivity contribution >= 4 is 17.3 Å². The number of nitrogens with one attached hydrogen (secondary N) is 1. The maximum absolute atomic E-state index is 11.1. The number of carboxylic acid groups (broad SMARTS) is 1. The average Bonchev–Trinajstić information content (AvgIpc) is 2.77. The van der Waals surface area contributed by atoms with Gasteiger partial charge in [0.1, 0.15) is 0 Å².